The minimum atomic E-state index is -1.07. The summed E-state index contributed by atoms with van der Waals surface area (Å²) in [6.45, 7) is 8.18. The van der Waals surface area contributed by atoms with Gasteiger partial charge >= 0.3 is 11.9 Å². The van der Waals surface area contributed by atoms with Crippen LogP contribution in [0.2, 0.25) is 0 Å². The minimum Gasteiger partial charge on any atom is -0.462 e. The van der Waals surface area contributed by atoms with Crippen LogP contribution >= 0.6 is 11.3 Å². The number of para-hydroxylation sites is 1. The summed E-state index contributed by atoms with van der Waals surface area (Å²) < 4.78 is 11.1. The van der Waals surface area contributed by atoms with Crippen LogP contribution in [0.5, 0.6) is 0 Å². The number of nitrogens with zero attached hydrogens (tertiary/aromatic N) is 2. The number of hydrogen-bond donors (Lipinski definition) is 1. The summed E-state index contributed by atoms with van der Waals surface area (Å²) in [7, 11) is 0. The van der Waals surface area contributed by atoms with E-state index in [0.717, 1.165) is 90.6 Å². The monoisotopic (exact) mass is 563 g/mol. The molecule has 0 saturated carbocycles. The number of aromatic nitrogens is 1. The van der Waals surface area contributed by atoms with Crippen LogP contribution in [0, 0.1) is 0 Å². The Morgan fingerprint density at radius 3 is 2.62 bits per heavy atom. The summed E-state index contributed by atoms with van der Waals surface area (Å²) in [5, 5.41) is 4.09. The number of nitrogens with one attached hydrogen (secondary N) is 1. The van der Waals surface area contributed by atoms with E-state index < -0.39 is 23.9 Å². The van der Waals surface area contributed by atoms with Crippen molar-refractivity contribution in [1.29, 1.82) is 0 Å². The van der Waals surface area contributed by atoms with Gasteiger partial charge in [0.25, 0.3) is 5.91 Å². The minimum absolute atomic E-state index is 0.255. The zero-order valence-corrected chi connectivity index (χ0v) is 24.3. The van der Waals surface area contributed by atoms with E-state index >= 15 is 0 Å². The Morgan fingerprint density at radius 2 is 1.82 bits per heavy atom. The lowest BCUT2D eigenvalue weighted by Crippen LogP contribution is -2.34. The number of carbonyl (C=O) groups is 3. The standard InChI is InChI=1S/C31H37N3O5S/c1-4-16-34-17-15-24-22(18-34)26(20-11-9-10-13-23(20)32-24)31(37)39-19(3)28(35)33-29-27(30(36)38-5-2)21-12-7-6-8-14-25(21)40-29/h9-11,13,19H,4-8,12,14-18H2,1-3H3,(H,33,35). The van der Waals surface area contributed by atoms with Gasteiger partial charge in [-0.3, -0.25) is 14.7 Å². The van der Waals surface area contributed by atoms with Crippen molar-refractivity contribution in [2.75, 3.05) is 25.0 Å². The average molecular weight is 564 g/mol. The van der Waals surface area contributed by atoms with Crippen LogP contribution in [0.3, 0.4) is 0 Å². The summed E-state index contributed by atoms with van der Waals surface area (Å²) >= 11 is 1.43. The van der Waals surface area contributed by atoms with Crippen molar-refractivity contribution in [3.63, 3.8) is 0 Å². The number of fused-ring (bicyclic) bond motifs is 3. The molecule has 0 radical (unpaired) electrons. The molecular formula is C31H37N3O5S. The van der Waals surface area contributed by atoms with E-state index in [9.17, 15) is 14.4 Å². The largest absolute Gasteiger partial charge is 0.462 e. The summed E-state index contributed by atoms with van der Waals surface area (Å²) in [5.41, 5.74) is 4.44. The number of pyridine rings is 1. The zero-order chi connectivity index (χ0) is 28.2. The summed E-state index contributed by atoms with van der Waals surface area (Å²) in [4.78, 5) is 48.2. The van der Waals surface area contributed by atoms with Gasteiger partial charge in [0.1, 0.15) is 5.00 Å². The van der Waals surface area contributed by atoms with E-state index in [0.29, 0.717) is 22.7 Å². The molecule has 0 saturated heterocycles. The van der Waals surface area contributed by atoms with Crippen molar-refractivity contribution < 1.29 is 23.9 Å². The Kier molecular flexibility index (Phi) is 8.81. The number of esters is 2. The van der Waals surface area contributed by atoms with E-state index in [4.69, 9.17) is 14.5 Å². The highest BCUT2D eigenvalue weighted by Crippen LogP contribution is 2.38. The Bertz CT molecular complexity index is 1430. The number of hydrogen-bond acceptors (Lipinski definition) is 8. The Balaban J connectivity index is 1.40. The molecular weight excluding hydrogens is 526 g/mol. The van der Waals surface area contributed by atoms with E-state index in [-0.39, 0.29) is 6.61 Å². The van der Waals surface area contributed by atoms with Crippen molar-refractivity contribution in [1.82, 2.24) is 9.88 Å². The Morgan fingerprint density at radius 1 is 1.02 bits per heavy atom. The van der Waals surface area contributed by atoms with Gasteiger partial charge in [-0.1, -0.05) is 31.5 Å². The number of benzene rings is 1. The maximum absolute atomic E-state index is 13.7. The second-order valence-electron chi connectivity index (χ2n) is 10.5. The molecule has 3 heterocycles. The van der Waals surface area contributed by atoms with Crippen molar-refractivity contribution >= 4 is 45.1 Å². The number of rotatable bonds is 8. The van der Waals surface area contributed by atoms with Gasteiger partial charge in [-0.2, -0.15) is 0 Å². The molecule has 2 aliphatic rings. The molecule has 1 unspecified atom stereocenters. The van der Waals surface area contributed by atoms with Crippen LogP contribution in [0.1, 0.15) is 88.9 Å². The highest BCUT2D eigenvalue weighted by molar-refractivity contribution is 7.17. The highest BCUT2D eigenvalue weighted by Gasteiger charge is 2.31. The van der Waals surface area contributed by atoms with Gasteiger partial charge in [0.2, 0.25) is 0 Å². The molecule has 40 heavy (non-hydrogen) atoms. The molecule has 1 aromatic carbocycles. The molecule has 2 aromatic heterocycles. The predicted octanol–water partition coefficient (Wildman–Crippen LogP) is 5.69. The molecule has 1 aliphatic carbocycles. The maximum atomic E-state index is 13.7. The van der Waals surface area contributed by atoms with Gasteiger partial charge < -0.3 is 14.8 Å². The van der Waals surface area contributed by atoms with Crippen molar-refractivity contribution in [2.24, 2.45) is 0 Å². The first-order valence-electron chi connectivity index (χ1n) is 14.4. The molecule has 0 bridgehead atoms. The summed E-state index contributed by atoms with van der Waals surface area (Å²) in [6.07, 6.45) is 5.54. The van der Waals surface area contributed by atoms with Crippen LogP contribution in [0.15, 0.2) is 24.3 Å². The van der Waals surface area contributed by atoms with Gasteiger partial charge in [0.15, 0.2) is 6.10 Å². The lowest BCUT2D eigenvalue weighted by atomic mass is 9.95. The number of aryl methyl sites for hydroxylation is 1. The van der Waals surface area contributed by atoms with Gasteiger partial charge in [0, 0.05) is 41.0 Å². The second-order valence-corrected chi connectivity index (χ2v) is 11.6. The summed E-state index contributed by atoms with van der Waals surface area (Å²) in [5.74, 6) is -1.44. The third kappa shape index (κ3) is 5.76. The van der Waals surface area contributed by atoms with Gasteiger partial charge in [-0.25, -0.2) is 9.59 Å². The SMILES string of the molecule is CCCN1CCc2nc3ccccc3c(C(=O)OC(C)C(=O)Nc3sc4c(c3C(=O)OCC)CCCCC4)c2C1. The number of thiophene rings is 1. The van der Waals surface area contributed by atoms with E-state index in [1.807, 2.05) is 24.3 Å². The predicted molar refractivity (Wildman–Crippen MR) is 156 cm³/mol. The second kappa shape index (κ2) is 12.5. The summed E-state index contributed by atoms with van der Waals surface area (Å²) in [6, 6.07) is 7.57. The fraction of sp³-hybridized carbons (Fsp3) is 0.484. The molecule has 1 N–H and O–H groups in total. The van der Waals surface area contributed by atoms with Crippen LogP contribution in [0.25, 0.3) is 10.9 Å². The average Bonchev–Trinajstić information content (AvgIpc) is 3.11. The third-order valence-electron chi connectivity index (χ3n) is 7.66. The maximum Gasteiger partial charge on any atom is 0.341 e. The van der Waals surface area contributed by atoms with Crippen LogP contribution in [-0.4, -0.2) is 53.5 Å². The number of amides is 1. The van der Waals surface area contributed by atoms with E-state index in [1.165, 1.54) is 11.3 Å². The van der Waals surface area contributed by atoms with Crippen LogP contribution < -0.4 is 5.32 Å². The first-order chi connectivity index (χ1) is 19.4. The lowest BCUT2D eigenvalue weighted by Gasteiger charge is -2.29. The molecule has 1 aliphatic heterocycles. The zero-order valence-electron chi connectivity index (χ0n) is 23.5. The number of ether oxygens (including phenoxy) is 2. The molecule has 212 valence electrons. The van der Waals surface area contributed by atoms with Gasteiger partial charge in [-0.05, 0) is 64.1 Å². The fourth-order valence-corrected chi connectivity index (χ4v) is 7.00. The molecule has 3 aromatic rings. The van der Waals surface area contributed by atoms with E-state index in [2.05, 4.69) is 17.1 Å². The van der Waals surface area contributed by atoms with Crippen molar-refractivity contribution in [3.05, 3.63) is 57.1 Å². The Hall–Kier alpha value is -3.30. The lowest BCUT2D eigenvalue weighted by molar-refractivity contribution is -0.123. The molecule has 0 spiro atoms. The molecule has 0 fully saturated rings. The first-order valence-corrected chi connectivity index (χ1v) is 15.2. The quantitative estimate of drug-likeness (QED) is 0.278. The first kappa shape index (κ1) is 28.2. The molecule has 9 heteroatoms. The van der Waals surface area contributed by atoms with Gasteiger partial charge in [-0.15, -0.1) is 11.3 Å². The fourth-order valence-electron chi connectivity index (χ4n) is 5.72. The van der Waals surface area contributed by atoms with Crippen LogP contribution in [0.4, 0.5) is 5.00 Å². The van der Waals surface area contributed by atoms with Crippen LogP contribution in [-0.2, 0) is 40.1 Å². The normalized spacial score (nSPS) is 16.0. The number of anilines is 1. The van der Waals surface area contributed by atoms with Crippen molar-refractivity contribution in [3.8, 4) is 0 Å². The molecule has 1 atom stereocenters. The topological polar surface area (TPSA) is 97.8 Å². The Labute approximate surface area is 239 Å². The third-order valence-corrected chi connectivity index (χ3v) is 8.87. The molecule has 5 rings (SSSR count). The smallest absolute Gasteiger partial charge is 0.341 e. The highest BCUT2D eigenvalue weighted by atomic mass is 32.1. The van der Waals surface area contributed by atoms with E-state index in [1.54, 1.807) is 13.8 Å². The number of carbonyl (C=O) groups excluding carboxylic acids is 3. The van der Waals surface area contributed by atoms with Crippen molar-refractivity contribution in [2.45, 2.75) is 78.4 Å². The molecule has 8 nitrogen and oxygen atoms in total. The molecule has 1 amide bonds. The van der Waals surface area contributed by atoms with Gasteiger partial charge in [0.05, 0.1) is 23.3 Å².